The molecule has 37 heavy (non-hydrogen) atoms. The van der Waals surface area contributed by atoms with E-state index in [-0.39, 0.29) is 24.3 Å². The fourth-order valence-corrected chi connectivity index (χ4v) is 2.82. The lowest BCUT2D eigenvalue weighted by molar-refractivity contribution is -0.162. The highest BCUT2D eigenvalue weighted by atomic mass is 19.4. The van der Waals surface area contributed by atoms with E-state index in [1.54, 1.807) is 10.6 Å². The molecule has 2 amide bonds. The van der Waals surface area contributed by atoms with Gasteiger partial charge in [0, 0.05) is 11.4 Å². The summed E-state index contributed by atoms with van der Waals surface area (Å²) in [4.78, 5) is 24.5. The second-order valence-corrected chi connectivity index (χ2v) is 7.49. The summed E-state index contributed by atoms with van der Waals surface area (Å²) >= 11 is 0. The van der Waals surface area contributed by atoms with Crippen molar-refractivity contribution in [3.05, 3.63) is 58.7 Å². The maximum Gasteiger partial charge on any atom is 0.417 e. The predicted molar refractivity (Wildman–Crippen MR) is 101 cm³/mol. The highest BCUT2D eigenvalue weighted by Gasteiger charge is 2.45. The van der Waals surface area contributed by atoms with Gasteiger partial charge in [-0.1, -0.05) is 0 Å². The lowest BCUT2D eigenvalue weighted by Crippen LogP contribution is -2.50. The molecule has 0 saturated carbocycles. The molecular weight excluding hydrogens is 544 g/mol. The first-order valence-electron chi connectivity index (χ1n) is 9.38. The predicted octanol–water partition coefficient (Wildman–Crippen LogP) is 6.09. The molecule has 0 fully saturated rings. The van der Waals surface area contributed by atoms with E-state index in [1.807, 2.05) is 0 Å². The average Bonchev–Trinajstić information content (AvgIpc) is 2.70. The van der Waals surface area contributed by atoms with E-state index in [0.717, 1.165) is 0 Å². The Morgan fingerprint density at radius 1 is 0.568 bits per heavy atom. The number of hydrogen-bond donors (Lipinski definition) is 3. The normalized spacial score (nSPS) is 13.4. The van der Waals surface area contributed by atoms with Crippen LogP contribution in [0, 0.1) is 0 Å². The molecule has 0 aliphatic rings. The van der Waals surface area contributed by atoms with Crippen molar-refractivity contribution >= 4 is 23.2 Å². The lowest BCUT2D eigenvalue weighted by Gasteiger charge is -2.23. The van der Waals surface area contributed by atoms with Crippen LogP contribution in [0.1, 0.15) is 29.2 Å². The number of carbonyl (C=O) groups is 2. The molecule has 2 rings (SSSR count). The van der Waals surface area contributed by atoms with Crippen LogP contribution in [0.25, 0.3) is 0 Å². The minimum absolute atomic E-state index is 0.0336. The van der Waals surface area contributed by atoms with Crippen molar-refractivity contribution in [2.45, 2.75) is 37.2 Å². The summed E-state index contributed by atoms with van der Waals surface area (Å²) in [6, 6.07) is 0.396. The molecule has 0 heterocycles. The molecular formula is C20H12F12N2O3. The molecule has 2 aromatic carbocycles. The molecule has 0 radical (unpaired) electrons. The van der Waals surface area contributed by atoms with Crippen LogP contribution in [0.3, 0.4) is 0 Å². The number of carbonyl (C=O) groups excluding carboxylic acids is 2. The van der Waals surface area contributed by atoms with Crippen molar-refractivity contribution in [2.75, 3.05) is 10.6 Å². The minimum Gasteiger partial charge on any atom is -0.372 e. The van der Waals surface area contributed by atoms with Gasteiger partial charge in [-0.05, 0) is 43.3 Å². The molecule has 17 heteroatoms. The molecule has 0 aliphatic heterocycles. The largest absolute Gasteiger partial charge is 0.417 e. The number of hydrogen-bond acceptors (Lipinski definition) is 3. The van der Waals surface area contributed by atoms with Gasteiger partial charge >= 0.3 is 24.7 Å². The Kier molecular flexibility index (Phi) is 7.57. The van der Waals surface area contributed by atoms with Crippen LogP contribution in [0.4, 0.5) is 64.1 Å². The maximum absolute atomic E-state index is 13.0. The number of amides is 2. The van der Waals surface area contributed by atoms with E-state index in [0.29, 0.717) is 19.1 Å². The lowest BCUT2D eigenvalue weighted by atomic mass is 10.0. The van der Waals surface area contributed by atoms with Gasteiger partial charge in [0.25, 0.3) is 11.8 Å². The first-order valence-corrected chi connectivity index (χ1v) is 9.38. The molecule has 0 bridgehead atoms. The minimum atomic E-state index is -5.54. The standard InChI is InChI=1S/C20H12F12N2O3/c1-16(37,14(35)33-8-2-4-10(17(21,22)23)12(6-8)19(27,28)29)15(36)34-9-3-5-11(18(24,25)26)13(7-9)20(30,31)32/h2-7,37H,1H3,(H,33,35)(H,34,36). The Hall–Kier alpha value is -3.50. The molecule has 0 atom stereocenters. The summed E-state index contributed by atoms with van der Waals surface area (Å²) in [6.45, 7) is 0.418. The SMILES string of the molecule is CC(O)(C(=O)Nc1ccc(C(F)(F)F)c(C(F)(F)F)c1)C(=O)Nc1ccc(C(F)(F)F)c(C(F)(F)F)c1. The summed E-state index contributed by atoms with van der Waals surface area (Å²) in [5, 5.41) is 13.3. The van der Waals surface area contributed by atoms with Crippen LogP contribution in [0.5, 0.6) is 0 Å². The number of aliphatic hydroxyl groups is 1. The summed E-state index contributed by atoms with van der Waals surface area (Å²) in [6.07, 6.45) is -21.9. The van der Waals surface area contributed by atoms with E-state index in [9.17, 15) is 67.4 Å². The Bertz CT molecular complexity index is 1100. The first kappa shape index (κ1) is 29.7. The van der Waals surface area contributed by atoms with Crippen molar-refractivity contribution in [1.82, 2.24) is 0 Å². The van der Waals surface area contributed by atoms with Gasteiger partial charge in [0.15, 0.2) is 0 Å². The second kappa shape index (κ2) is 9.42. The van der Waals surface area contributed by atoms with Crippen molar-refractivity contribution in [3.8, 4) is 0 Å². The summed E-state index contributed by atoms with van der Waals surface area (Å²) in [7, 11) is 0. The molecule has 2 aromatic rings. The van der Waals surface area contributed by atoms with Gasteiger partial charge in [-0.2, -0.15) is 52.7 Å². The third kappa shape index (κ3) is 6.84. The molecule has 0 saturated heterocycles. The smallest absolute Gasteiger partial charge is 0.372 e. The number of benzene rings is 2. The van der Waals surface area contributed by atoms with Crippen molar-refractivity contribution in [1.29, 1.82) is 0 Å². The zero-order chi connectivity index (χ0) is 28.8. The molecule has 0 aromatic heterocycles. The molecule has 0 unspecified atom stereocenters. The Labute approximate surface area is 198 Å². The molecule has 0 spiro atoms. The Balaban J connectivity index is 2.33. The van der Waals surface area contributed by atoms with E-state index in [4.69, 9.17) is 0 Å². The quantitative estimate of drug-likeness (QED) is 0.315. The highest BCUT2D eigenvalue weighted by molar-refractivity contribution is 6.17. The summed E-state index contributed by atoms with van der Waals surface area (Å²) in [5.41, 5.74) is -13.8. The van der Waals surface area contributed by atoms with E-state index < -0.39 is 75.7 Å². The topological polar surface area (TPSA) is 78.4 Å². The van der Waals surface area contributed by atoms with Gasteiger partial charge in [-0.25, -0.2) is 0 Å². The number of rotatable bonds is 4. The Morgan fingerprint density at radius 3 is 1.08 bits per heavy atom. The Morgan fingerprint density at radius 2 is 0.838 bits per heavy atom. The monoisotopic (exact) mass is 556 g/mol. The van der Waals surface area contributed by atoms with Crippen molar-refractivity contribution < 1.29 is 67.4 Å². The zero-order valence-electron chi connectivity index (χ0n) is 17.8. The van der Waals surface area contributed by atoms with Crippen LogP contribution >= 0.6 is 0 Å². The number of anilines is 2. The molecule has 3 N–H and O–H groups in total. The third-order valence-electron chi connectivity index (χ3n) is 4.66. The number of alkyl halides is 12. The maximum atomic E-state index is 13.0. The summed E-state index contributed by atoms with van der Waals surface area (Å²) < 4.78 is 155. The van der Waals surface area contributed by atoms with Crippen LogP contribution in [0.15, 0.2) is 36.4 Å². The van der Waals surface area contributed by atoms with Gasteiger partial charge in [-0.15, -0.1) is 0 Å². The summed E-state index contributed by atoms with van der Waals surface area (Å²) in [5.74, 6) is -3.67. The molecule has 5 nitrogen and oxygen atoms in total. The van der Waals surface area contributed by atoms with Crippen LogP contribution in [-0.2, 0) is 34.3 Å². The van der Waals surface area contributed by atoms with Crippen molar-refractivity contribution in [3.63, 3.8) is 0 Å². The average molecular weight is 556 g/mol. The molecule has 204 valence electrons. The van der Waals surface area contributed by atoms with Gasteiger partial charge in [0.1, 0.15) is 0 Å². The number of nitrogens with one attached hydrogen (secondary N) is 2. The van der Waals surface area contributed by atoms with E-state index >= 15 is 0 Å². The number of halogens is 12. The van der Waals surface area contributed by atoms with Gasteiger partial charge in [0.05, 0.1) is 22.3 Å². The van der Waals surface area contributed by atoms with Crippen LogP contribution in [0.2, 0.25) is 0 Å². The second-order valence-electron chi connectivity index (χ2n) is 7.49. The first-order chi connectivity index (χ1) is 16.5. The van der Waals surface area contributed by atoms with E-state index in [2.05, 4.69) is 0 Å². The van der Waals surface area contributed by atoms with Gasteiger partial charge < -0.3 is 15.7 Å². The van der Waals surface area contributed by atoms with Crippen LogP contribution in [-0.4, -0.2) is 22.5 Å². The van der Waals surface area contributed by atoms with E-state index in [1.165, 1.54) is 0 Å². The van der Waals surface area contributed by atoms with Crippen LogP contribution < -0.4 is 10.6 Å². The highest BCUT2D eigenvalue weighted by Crippen LogP contribution is 2.42. The zero-order valence-corrected chi connectivity index (χ0v) is 17.8. The third-order valence-corrected chi connectivity index (χ3v) is 4.66. The van der Waals surface area contributed by atoms with Crippen molar-refractivity contribution in [2.24, 2.45) is 0 Å². The fourth-order valence-electron chi connectivity index (χ4n) is 2.82. The fraction of sp³-hybridized carbons (Fsp3) is 0.300. The molecule has 0 aliphatic carbocycles. The van der Waals surface area contributed by atoms with Gasteiger partial charge in [-0.3, -0.25) is 9.59 Å². The van der Waals surface area contributed by atoms with Gasteiger partial charge in [0.2, 0.25) is 5.60 Å².